The lowest BCUT2D eigenvalue weighted by Gasteiger charge is -2.24. The summed E-state index contributed by atoms with van der Waals surface area (Å²) in [6, 6.07) is 13.1. The number of hydrogen-bond donors (Lipinski definition) is 0. The minimum absolute atomic E-state index is 0.0470. The molecule has 0 radical (unpaired) electrons. The van der Waals surface area contributed by atoms with E-state index >= 15 is 0 Å². The average Bonchev–Trinajstić information content (AvgIpc) is 2.76. The summed E-state index contributed by atoms with van der Waals surface area (Å²) in [7, 11) is 6.42. The Kier molecular flexibility index (Phi) is 8.47. The molecule has 0 saturated heterocycles. The Hall–Kier alpha value is -2.59. The summed E-state index contributed by atoms with van der Waals surface area (Å²) in [4.78, 5) is 25.6. The number of carbonyl (C=O) groups excluding carboxylic acids is 2. The summed E-state index contributed by atoms with van der Waals surface area (Å²) in [6.07, 6.45) is 0.594. The van der Waals surface area contributed by atoms with Gasteiger partial charge in [0.25, 0.3) is 0 Å². The second-order valence-electron chi connectivity index (χ2n) is 6.74. The summed E-state index contributed by atoms with van der Waals surface area (Å²) in [5, 5.41) is 0. The van der Waals surface area contributed by atoms with Crippen molar-refractivity contribution in [3.63, 3.8) is 0 Å². The fourth-order valence-electron chi connectivity index (χ4n) is 3.34. The van der Waals surface area contributed by atoms with E-state index in [0.717, 1.165) is 5.56 Å². The first kappa shape index (κ1) is 22.7. The number of Topliss-reactive ketones (excluding diaryl/α,β-unsaturated/α-hetero) is 1. The molecule has 2 aromatic carbocycles. The topological polar surface area (TPSA) is 71.1 Å². The second kappa shape index (κ2) is 10.8. The Morgan fingerprint density at radius 1 is 0.966 bits per heavy atom. The van der Waals surface area contributed by atoms with Gasteiger partial charge in [0.2, 0.25) is 0 Å². The lowest BCUT2D eigenvalue weighted by molar-refractivity contribution is -0.134. The van der Waals surface area contributed by atoms with E-state index in [1.807, 2.05) is 46.7 Å². The van der Waals surface area contributed by atoms with E-state index in [9.17, 15) is 9.59 Å². The van der Waals surface area contributed by atoms with Crippen LogP contribution in [-0.2, 0) is 15.7 Å². The van der Waals surface area contributed by atoms with Gasteiger partial charge >= 0.3 is 5.97 Å². The van der Waals surface area contributed by atoms with Crippen molar-refractivity contribution in [2.75, 3.05) is 21.3 Å². The normalized spacial score (nSPS) is 12.6. The maximum Gasteiger partial charge on any atom is 0.308 e. The fraction of sp³-hybridized carbons (Fsp3) is 0.364. The number of carbonyl (C=O) groups is 2. The smallest absolute Gasteiger partial charge is 0.308 e. The van der Waals surface area contributed by atoms with Crippen LogP contribution >= 0.6 is 9.47 Å². The molecule has 0 aromatic heterocycles. The van der Waals surface area contributed by atoms with Gasteiger partial charge in [-0.05, 0) is 17.9 Å². The molecule has 156 valence electrons. The van der Waals surface area contributed by atoms with Crippen LogP contribution in [0.25, 0.3) is 0 Å². The second-order valence-corrected chi connectivity index (χ2v) is 6.97. The first-order valence-corrected chi connectivity index (χ1v) is 9.69. The van der Waals surface area contributed by atoms with E-state index < -0.39 is 11.9 Å². The zero-order chi connectivity index (χ0) is 21.4. The maximum absolute atomic E-state index is 13.6. The summed E-state index contributed by atoms with van der Waals surface area (Å²) in [5.41, 5.74) is 1.38. The molecular weight excluding hydrogens is 391 g/mol. The van der Waals surface area contributed by atoms with Gasteiger partial charge in [-0.15, -0.1) is 0 Å². The van der Waals surface area contributed by atoms with Crippen LogP contribution in [0.2, 0.25) is 0 Å². The summed E-state index contributed by atoms with van der Waals surface area (Å²) in [6.45, 7) is 1.95. The van der Waals surface area contributed by atoms with E-state index in [4.69, 9.17) is 18.7 Å². The monoisotopic (exact) mass is 418 g/mol. The van der Waals surface area contributed by atoms with Crippen molar-refractivity contribution in [3.8, 4) is 17.2 Å². The molecule has 0 bridgehead atoms. The summed E-state index contributed by atoms with van der Waals surface area (Å²) < 4.78 is 20.9. The Bertz CT molecular complexity index is 811. The molecule has 0 N–H and O–H groups in total. The van der Waals surface area contributed by atoms with Crippen LogP contribution in [0.15, 0.2) is 42.5 Å². The van der Waals surface area contributed by atoms with Gasteiger partial charge in [-0.1, -0.05) is 37.3 Å². The van der Waals surface area contributed by atoms with E-state index in [1.54, 1.807) is 12.1 Å². The van der Waals surface area contributed by atoms with E-state index in [1.165, 1.54) is 21.3 Å². The maximum atomic E-state index is 13.6. The van der Waals surface area contributed by atoms with Crippen LogP contribution in [-0.4, -0.2) is 33.1 Å². The standard InChI is InChI=1S/C22H27O6P/c1-14(10-15-8-6-5-7-9-15)17(13-20(23)28-29)22(24)21-18(26-3)11-16(25-2)12-19(21)27-4/h5-9,11-12,14,17H,10,13,29H2,1-4H3. The lowest BCUT2D eigenvalue weighted by atomic mass is 9.80. The number of benzene rings is 2. The van der Waals surface area contributed by atoms with Gasteiger partial charge in [-0.3, -0.25) is 9.59 Å². The van der Waals surface area contributed by atoms with Crippen LogP contribution in [0.4, 0.5) is 0 Å². The van der Waals surface area contributed by atoms with E-state index in [2.05, 4.69) is 0 Å². The number of methoxy groups -OCH3 is 3. The number of hydrogen-bond acceptors (Lipinski definition) is 6. The van der Waals surface area contributed by atoms with Gasteiger partial charge in [0.15, 0.2) is 5.78 Å². The highest BCUT2D eigenvalue weighted by atomic mass is 31.0. The summed E-state index contributed by atoms with van der Waals surface area (Å²) in [5.74, 6) is -0.261. The van der Waals surface area contributed by atoms with Crippen molar-refractivity contribution in [3.05, 3.63) is 53.6 Å². The highest BCUT2D eigenvalue weighted by Gasteiger charge is 2.33. The van der Waals surface area contributed by atoms with Crippen molar-refractivity contribution in [2.45, 2.75) is 19.8 Å². The molecule has 0 aliphatic heterocycles. The van der Waals surface area contributed by atoms with Crippen molar-refractivity contribution < 1.29 is 28.3 Å². The molecule has 0 aliphatic rings. The Labute approximate surface area is 173 Å². The number of ether oxygens (including phenoxy) is 3. The molecular formula is C22H27O6P. The molecule has 2 rings (SSSR count). The lowest BCUT2D eigenvalue weighted by Crippen LogP contribution is -2.27. The van der Waals surface area contributed by atoms with E-state index in [-0.39, 0.29) is 23.7 Å². The van der Waals surface area contributed by atoms with Crippen molar-refractivity contribution in [1.82, 2.24) is 0 Å². The van der Waals surface area contributed by atoms with Gasteiger partial charge in [-0.2, -0.15) is 0 Å². The molecule has 3 atom stereocenters. The third kappa shape index (κ3) is 5.70. The van der Waals surface area contributed by atoms with Gasteiger partial charge in [-0.25, -0.2) is 0 Å². The average molecular weight is 418 g/mol. The zero-order valence-corrected chi connectivity index (χ0v) is 18.3. The molecule has 0 aliphatic carbocycles. The van der Waals surface area contributed by atoms with E-state index in [0.29, 0.717) is 23.7 Å². The third-order valence-electron chi connectivity index (χ3n) is 4.90. The third-order valence-corrected chi connectivity index (χ3v) is 5.17. The molecule has 0 saturated carbocycles. The first-order chi connectivity index (χ1) is 13.9. The highest BCUT2D eigenvalue weighted by molar-refractivity contribution is 7.10. The van der Waals surface area contributed by atoms with Crippen molar-refractivity contribution >= 4 is 21.2 Å². The molecule has 0 amide bonds. The van der Waals surface area contributed by atoms with Gasteiger partial charge < -0.3 is 18.7 Å². The molecule has 29 heavy (non-hydrogen) atoms. The van der Waals surface area contributed by atoms with Crippen LogP contribution < -0.4 is 14.2 Å². The number of rotatable bonds is 10. The quantitative estimate of drug-likeness (QED) is 0.427. The SMILES string of the molecule is COc1cc(OC)c(C(=O)C(CC(=O)OP)C(C)Cc2ccccc2)c(OC)c1. The summed E-state index contributed by atoms with van der Waals surface area (Å²) >= 11 is 0. The van der Waals surface area contributed by atoms with Crippen molar-refractivity contribution in [2.24, 2.45) is 11.8 Å². The highest BCUT2D eigenvalue weighted by Crippen LogP contribution is 2.38. The predicted molar refractivity (Wildman–Crippen MR) is 114 cm³/mol. The minimum atomic E-state index is -0.612. The van der Waals surface area contributed by atoms with Gasteiger partial charge in [0.1, 0.15) is 22.8 Å². The molecule has 7 heteroatoms. The Morgan fingerprint density at radius 3 is 2.03 bits per heavy atom. The molecule has 0 spiro atoms. The minimum Gasteiger partial charge on any atom is -0.496 e. The molecule has 2 aromatic rings. The fourth-order valence-corrected chi connectivity index (χ4v) is 3.44. The molecule has 3 unspecified atom stereocenters. The first-order valence-electron chi connectivity index (χ1n) is 9.22. The Morgan fingerprint density at radius 2 is 1.55 bits per heavy atom. The van der Waals surface area contributed by atoms with Crippen molar-refractivity contribution in [1.29, 1.82) is 0 Å². The number of ketones is 1. The molecule has 0 fully saturated rings. The Balaban J connectivity index is 2.45. The van der Waals surface area contributed by atoms with Gasteiger partial charge in [0.05, 0.1) is 37.2 Å². The van der Waals surface area contributed by atoms with Crippen LogP contribution in [0.5, 0.6) is 17.2 Å². The molecule has 6 nitrogen and oxygen atoms in total. The van der Waals surface area contributed by atoms with Crippen LogP contribution in [0.1, 0.15) is 29.3 Å². The predicted octanol–water partition coefficient (Wildman–Crippen LogP) is 4.11. The van der Waals surface area contributed by atoms with Gasteiger partial charge in [0, 0.05) is 18.1 Å². The van der Waals surface area contributed by atoms with Crippen LogP contribution in [0, 0.1) is 11.8 Å². The zero-order valence-electron chi connectivity index (χ0n) is 17.1. The largest absolute Gasteiger partial charge is 0.496 e. The molecule has 0 heterocycles. The van der Waals surface area contributed by atoms with Crippen LogP contribution in [0.3, 0.4) is 0 Å².